The molecule has 1 fully saturated rings. The second-order valence-corrected chi connectivity index (χ2v) is 5.85. The molecule has 2 heterocycles. The van der Waals surface area contributed by atoms with Gasteiger partial charge >= 0.3 is 0 Å². The van der Waals surface area contributed by atoms with Gasteiger partial charge in [-0.25, -0.2) is 4.98 Å². The lowest BCUT2D eigenvalue weighted by Gasteiger charge is -2.25. The molecule has 0 bridgehead atoms. The Labute approximate surface area is 129 Å². The first-order valence-electron chi connectivity index (χ1n) is 7.33. The van der Waals surface area contributed by atoms with Gasteiger partial charge in [0.2, 0.25) is 0 Å². The van der Waals surface area contributed by atoms with Gasteiger partial charge in [-0.3, -0.25) is 4.90 Å². The van der Waals surface area contributed by atoms with Crippen molar-refractivity contribution >= 4 is 11.3 Å². The zero-order chi connectivity index (χ0) is 14.5. The van der Waals surface area contributed by atoms with Crippen molar-refractivity contribution in [2.75, 3.05) is 32.9 Å². The van der Waals surface area contributed by atoms with E-state index in [0.717, 1.165) is 54.9 Å². The van der Waals surface area contributed by atoms with E-state index in [1.807, 2.05) is 19.1 Å². The van der Waals surface area contributed by atoms with Crippen molar-refractivity contribution in [3.63, 3.8) is 0 Å². The second-order valence-electron chi connectivity index (χ2n) is 4.99. The number of ether oxygens (including phenoxy) is 2. The molecule has 0 radical (unpaired) electrons. The molecule has 0 spiro atoms. The van der Waals surface area contributed by atoms with E-state index in [0.29, 0.717) is 6.61 Å². The van der Waals surface area contributed by atoms with Gasteiger partial charge in [0.15, 0.2) is 0 Å². The Morgan fingerprint density at radius 2 is 2.00 bits per heavy atom. The molecule has 1 aromatic carbocycles. The number of benzene rings is 1. The van der Waals surface area contributed by atoms with Crippen LogP contribution in [0.1, 0.15) is 12.6 Å². The zero-order valence-corrected chi connectivity index (χ0v) is 13.1. The molecule has 21 heavy (non-hydrogen) atoms. The van der Waals surface area contributed by atoms with Gasteiger partial charge in [-0.1, -0.05) is 0 Å². The van der Waals surface area contributed by atoms with Crippen molar-refractivity contribution in [1.29, 1.82) is 0 Å². The van der Waals surface area contributed by atoms with Crippen LogP contribution in [0.25, 0.3) is 10.6 Å². The Morgan fingerprint density at radius 1 is 1.24 bits per heavy atom. The Hall–Kier alpha value is -1.43. The summed E-state index contributed by atoms with van der Waals surface area (Å²) in [5, 5.41) is 3.22. The summed E-state index contributed by atoms with van der Waals surface area (Å²) in [4.78, 5) is 7.13. The highest BCUT2D eigenvalue weighted by molar-refractivity contribution is 7.13. The topological polar surface area (TPSA) is 34.6 Å². The second kappa shape index (κ2) is 7.02. The van der Waals surface area contributed by atoms with E-state index in [1.165, 1.54) is 0 Å². The van der Waals surface area contributed by atoms with E-state index < -0.39 is 0 Å². The van der Waals surface area contributed by atoms with Gasteiger partial charge in [0.25, 0.3) is 0 Å². The fraction of sp³-hybridized carbons (Fsp3) is 0.438. The monoisotopic (exact) mass is 304 g/mol. The third-order valence-corrected chi connectivity index (χ3v) is 4.39. The molecule has 2 aromatic rings. The average Bonchev–Trinajstić information content (AvgIpc) is 2.98. The molecule has 4 nitrogen and oxygen atoms in total. The molecule has 0 amide bonds. The number of hydrogen-bond acceptors (Lipinski definition) is 5. The summed E-state index contributed by atoms with van der Waals surface area (Å²) in [6.45, 7) is 7.25. The van der Waals surface area contributed by atoms with Gasteiger partial charge in [-0.2, -0.15) is 0 Å². The van der Waals surface area contributed by atoms with E-state index in [4.69, 9.17) is 14.5 Å². The number of nitrogens with zero attached hydrogens (tertiary/aromatic N) is 2. The predicted octanol–water partition coefficient (Wildman–Crippen LogP) is 3.04. The molecule has 0 N–H and O–H groups in total. The summed E-state index contributed by atoms with van der Waals surface area (Å²) >= 11 is 1.70. The van der Waals surface area contributed by atoms with Crippen molar-refractivity contribution in [2.24, 2.45) is 0 Å². The zero-order valence-electron chi connectivity index (χ0n) is 12.2. The fourth-order valence-corrected chi connectivity index (χ4v) is 3.18. The van der Waals surface area contributed by atoms with Crippen LogP contribution in [0.5, 0.6) is 5.75 Å². The van der Waals surface area contributed by atoms with Crippen LogP contribution in [-0.2, 0) is 11.3 Å². The maximum absolute atomic E-state index is 5.47. The first kappa shape index (κ1) is 14.5. The van der Waals surface area contributed by atoms with Crippen molar-refractivity contribution in [2.45, 2.75) is 13.5 Å². The molecule has 1 aliphatic rings. The minimum Gasteiger partial charge on any atom is -0.494 e. The lowest BCUT2D eigenvalue weighted by atomic mass is 10.2. The van der Waals surface area contributed by atoms with Gasteiger partial charge in [0.05, 0.1) is 25.5 Å². The smallest absolute Gasteiger partial charge is 0.123 e. The Kier molecular flexibility index (Phi) is 4.85. The number of thiazole rings is 1. The van der Waals surface area contributed by atoms with E-state index >= 15 is 0 Å². The molecule has 0 unspecified atom stereocenters. The van der Waals surface area contributed by atoms with Crippen molar-refractivity contribution in [3.8, 4) is 16.3 Å². The molecule has 1 aromatic heterocycles. The number of hydrogen-bond donors (Lipinski definition) is 0. The molecular formula is C16H20N2O2S. The van der Waals surface area contributed by atoms with Crippen molar-refractivity contribution < 1.29 is 9.47 Å². The summed E-state index contributed by atoms with van der Waals surface area (Å²) in [6, 6.07) is 8.15. The van der Waals surface area contributed by atoms with Gasteiger partial charge < -0.3 is 9.47 Å². The predicted molar refractivity (Wildman–Crippen MR) is 84.8 cm³/mol. The van der Waals surface area contributed by atoms with Crippen LogP contribution in [0.15, 0.2) is 29.6 Å². The highest BCUT2D eigenvalue weighted by Crippen LogP contribution is 2.26. The van der Waals surface area contributed by atoms with Gasteiger partial charge in [0, 0.05) is 30.6 Å². The minimum absolute atomic E-state index is 0.695. The SMILES string of the molecule is CCOc1ccc(-c2nc(CN3CCOCC3)cs2)cc1. The molecule has 112 valence electrons. The van der Waals surface area contributed by atoms with E-state index in [9.17, 15) is 0 Å². The number of aromatic nitrogens is 1. The first-order chi connectivity index (χ1) is 10.3. The quantitative estimate of drug-likeness (QED) is 0.850. The highest BCUT2D eigenvalue weighted by Gasteiger charge is 2.13. The van der Waals surface area contributed by atoms with Gasteiger partial charge in [-0.15, -0.1) is 11.3 Å². The van der Waals surface area contributed by atoms with E-state index in [2.05, 4.69) is 22.4 Å². The lowest BCUT2D eigenvalue weighted by molar-refractivity contribution is 0.0337. The van der Waals surface area contributed by atoms with Crippen molar-refractivity contribution in [3.05, 3.63) is 35.3 Å². The molecule has 0 atom stereocenters. The van der Waals surface area contributed by atoms with Crippen LogP contribution in [0.4, 0.5) is 0 Å². The lowest BCUT2D eigenvalue weighted by Crippen LogP contribution is -2.35. The van der Waals surface area contributed by atoms with Gasteiger partial charge in [-0.05, 0) is 31.2 Å². The molecular weight excluding hydrogens is 284 g/mol. The average molecular weight is 304 g/mol. The van der Waals surface area contributed by atoms with Crippen LogP contribution in [0.3, 0.4) is 0 Å². The van der Waals surface area contributed by atoms with Crippen LogP contribution < -0.4 is 4.74 Å². The molecule has 1 aliphatic heterocycles. The first-order valence-corrected chi connectivity index (χ1v) is 8.21. The van der Waals surface area contributed by atoms with Crippen LogP contribution in [0.2, 0.25) is 0 Å². The summed E-state index contributed by atoms with van der Waals surface area (Å²) < 4.78 is 10.8. The van der Waals surface area contributed by atoms with Crippen molar-refractivity contribution in [1.82, 2.24) is 9.88 Å². The molecule has 3 rings (SSSR count). The van der Waals surface area contributed by atoms with Crippen LogP contribution in [0, 0.1) is 0 Å². The Morgan fingerprint density at radius 3 is 2.71 bits per heavy atom. The maximum atomic E-state index is 5.47. The number of morpholine rings is 1. The maximum Gasteiger partial charge on any atom is 0.123 e. The molecule has 1 saturated heterocycles. The van der Waals surface area contributed by atoms with Gasteiger partial charge in [0.1, 0.15) is 10.8 Å². The standard InChI is InChI=1S/C16H20N2O2S/c1-2-20-15-5-3-13(4-6-15)16-17-14(12-21-16)11-18-7-9-19-10-8-18/h3-6,12H,2,7-11H2,1H3. The summed E-state index contributed by atoms with van der Waals surface area (Å²) in [6.07, 6.45) is 0. The largest absolute Gasteiger partial charge is 0.494 e. The Balaban J connectivity index is 1.66. The summed E-state index contributed by atoms with van der Waals surface area (Å²) in [5.41, 5.74) is 2.29. The highest BCUT2D eigenvalue weighted by atomic mass is 32.1. The number of rotatable bonds is 5. The van der Waals surface area contributed by atoms with E-state index in [1.54, 1.807) is 11.3 Å². The van der Waals surface area contributed by atoms with Crippen LogP contribution >= 0.6 is 11.3 Å². The Bertz CT molecular complexity index is 562. The normalized spacial score (nSPS) is 16.0. The molecule has 5 heteroatoms. The third kappa shape index (κ3) is 3.81. The minimum atomic E-state index is 0.695. The fourth-order valence-electron chi connectivity index (χ4n) is 2.36. The molecule has 0 saturated carbocycles. The van der Waals surface area contributed by atoms with E-state index in [-0.39, 0.29) is 0 Å². The van der Waals surface area contributed by atoms with Crippen LogP contribution in [-0.4, -0.2) is 42.8 Å². The molecule has 0 aliphatic carbocycles. The summed E-state index contributed by atoms with van der Waals surface area (Å²) in [5.74, 6) is 0.909. The summed E-state index contributed by atoms with van der Waals surface area (Å²) in [7, 11) is 0. The third-order valence-electron chi connectivity index (χ3n) is 3.45.